The fourth-order valence-corrected chi connectivity index (χ4v) is 4.07. The first-order valence-electron chi connectivity index (χ1n) is 10.4. The van der Waals surface area contributed by atoms with Crippen LogP contribution in [-0.2, 0) is 11.3 Å². The number of carbonyl (C=O) groups excluding carboxylic acids is 1. The van der Waals surface area contributed by atoms with E-state index >= 15 is 0 Å². The van der Waals surface area contributed by atoms with Crippen molar-refractivity contribution in [2.45, 2.75) is 31.9 Å². The summed E-state index contributed by atoms with van der Waals surface area (Å²) >= 11 is 6.19. The minimum Gasteiger partial charge on any atom is -0.489 e. The molecule has 2 aliphatic rings. The third-order valence-corrected chi connectivity index (χ3v) is 5.82. The van der Waals surface area contributed by atoms with Gasteiger partial charge in [0.2, 0.25) is 12.7 Å². The molecule has 0 aliphatic carbocycles. The maximum atomic E-state index is 12.5. The van der Waals surface area contributed by atoms with Gasteiger partial charge in [0.25, 0.3) is 0 Å². The predicted octanol–water partition coefficient (Wildman–Crippen LogP) is 2.90. The Bertz CT molecular complexity index is 954. The van der Waals surface area contributed by atoms with Gasteiger partial charge in [-0.2, -0.15) is 0 Å². The van der Waals surface area contributed by atoms with E-state index in [-0.39, 0.29) is 25.9 Å². The quantitative estimate of drug-likeness (QED) is 0.680. The van der Waals surface area contributed by atoms with Gasteiger partial charge in [-0.05, 0) is 61.7 Å². The lowest BCUT2D eigenvalue weighted by molar-refractivity contribution is -0.124. The van der Waals surface area contributed by atoms with E-state index in [4.69, 9.17) is 25.8 Å². The first-order valence-corrected chi connectivity index (χ1v) is 10.8. The zero-order chi connectivity index (χ0) is 21.8. The van der Waals surface area contributed by atoms with Crippen LogP contribution >= 0.6 is 11.6 Å². The Kier molecular flexibility index (Phi) is 6.55. The van der Waals surface area contributed by atoms with Gasteiger partial charge in [0.15, 0.2) is 11.5 Å². The molecule has 166 valence electrons. The maximum Gasteiger partial charge on any atom is 0.234 e. The molecule has 0 spiro atoms. The van der Waals surface area contributed by atoms with Crippen molar-refractivity contribution in [1.29, 1.82) is 0 Å². The van der Waals surface area contributed by atoms with Gasteiger partial charge in [0, 0.05) is 13.1 Å². The summed E-state index contributed by atoms with van der Waals surface area (Å²) in [4.78, 5) is 14.4. The molecule has 0 bridgehead atoms. The smallest absolute Gasteiger partial charge is 0.234 e. The van der Waals surface area contributed by atoms with Crippen molar-refractivity contribution in [2.75, 3.05) is 33.0 Å². The second kappa shape index (κ2) is 9.34. The monoisotopic (exact) mass is 446 g/mol. The molecule has 7 nitrogen and oxygen atoms in total. The van der Waals surface area contributed by atoms with Crippen molar-refractivity contribution in [3.8, 4) is 17.2 Å². The summed E-state index contributed by atoms with van der Waals surface area (Å²) in [6, 6.07) is 11.2. The van der Waals surface area contributed by atoms with Crippen LogP contribution in [0.1, 0.15) is 24.0 Å². The number of nitrogens with one attached hydrogen (secondary N) is 1. The van der Waals surface area contributed by atoms with Crippen LogP contribution in [0.15, 0.2) is 36.4 Å². The lowest BCUT2D eigenvalue weighted by Crippen LogP contribution is -2.53. The van der Waals surface area contributed by atoms with E-state index in [0.29, 0.717) is 36.0 Å². The lowest BCUT2D eigenvalue weighted by atomic mass is 9.93. The number of ether oxygens (including phenoxy) is 3. The molecule has 1 amide bonds. The number of fused-ring (bicyclic) bond motifs is 1. The highest BCUT2D eigenvalue weighted by atomic mass is 35.5. The first-order chi connectivity index (χ1) is 14.9. The Morgan fingerprint density at radius 2 is 2.10 bits per heavy atom. The second-order valence-corrected chi connectivity index (χ2v) is 8.63. The fourth-order valence-electron chi connectivity index (χ4n) is 3.90. The molecule has 0 saturated carbocycles. The van der Waals surface area contributed by atoms with Crippen LogP contribution in [0.4, 0.5) is 0 Å². The summed E-state index contributed by atoms with van der Waals surface area (Å²) in [5.74, 6) is 1.89. The molecule has 2 heterocycles. The van der Waals surface area contributed by atoms with Crippen LogP contribution in [-0.4, -0.2) is 54.5 Å². The molecule has 2 aromatic rings. The third-order valence-electron chi connectivity index (χ3n) is 5.51. The molecule has 31 heavy (non-hydrogen) atoms. The number of halogens is 1. The lowest BCUT2D eigenvalue weighted by Gasteiger charge is -2.38. The van der Waals surface area contributed by atoms with Crippen LogP contribution in [0.5, 0.6) is 17.2 Å². The summed E-state index contributed by atoms with van der Waals surface area (Å²) in [7, 11) is 0. The number of piperidine rings is 1. The van der Waals surface area contributed by atoms with E-state index in [1.54, 1.807) is 6.07 Å². The van der Waals surface area contributed by atoms with E-state index in [2.05, 4.69) is 5.32 Å². The highest BCUT2D eigenvalue weighted by molar-refractivity contribution is 6.32. The minimum absolute atomic E-state index is 0.0930. The average Bonchev–Trinajstić information content (AvgIpc) is 3.21. The van der Waals surface area contributed by atoms with Gasteiger partial charge in [0.05, 0.1) is 11.6 Å². The summed E-state index contributed by atoms with van der Waals surface area (Å²) in [5, 5.41) is 14.5. The van der Waals surface area contributed by atoms with Crippen LogP contribution in [0.3, 0.4) is 0 Å². The van der Waals surface area contributed by atoms with Crippen molar-refractivity contribution < 1.29 is 24.1 Å². The second-order valence-electron chi connectivity index (χ2n) is 8.23. The summed E-state index contributed by atoms with van der Waals surface area (Å²) in [6.45, 7) is 4.07. The van der Waals surface area contributed by atoms with Crippen molar-refractivity contribution >= 4 is 17.5 Å². The Balaban J connectivity index is 1.26. The number of aryl methyl sites for hydroxylation is 1. The Labute approximate surface area is 186 Å². The number of carbonyl (C=O) groups is 1. The van der Waals surface area contributed by atoms with Gasteiger partial charge in [0.1, 0.15) is 18.0 Å². The van der Waals surface area contributed by atoms with Crippen molar-refractivity contribution in [3.63, 3.8) is 0 Å². The van der Waals surface area contributed by atoms with E-state index < -0.39 is 5.60 Å². The van der Waals surface area contributed by atoms with Crippen LogP contribution in [0, 0.1) is 6.92 Å². The van der Waals surface area contributed by atoms with E-state index in [1.165, 1.54) is 0 Å². The molecule has 2 aliphatic heterocycles. The van der Waals surface area contributed by atoms with Crippen molar-refractivity contribution in [1.82, 2.24) is 10.2 Å². The van der Waals surface area contributed by atoms with Crippen LogP contribution < -0.4 is 19.5 Å². The Hall–Kier alpha value is -2.48. The van der Waals surface area contributed by atoms with Gasteiger partial charge < -0.3 is 24.6 Å². The molecular weight excluding hydrogens is 420 g/mol. The largest absolute Gasteiger partial charge is 0.489 e. The zero-order valence-electron chi connectivity index (χ0n) is 17.5. The number of β-amino-alcohol motifs (C(OH)–C–C–N with tert-alkyl or cyclic N) is 1. The van der Waals surface area contributed by atoms with Crippen LogP contribution in [0.2, 0.25) is 5.02 Å². The third kappa shape index (κ3) is 5.61. The van der Waals surface area contributed by atoms with Gasteiger partial charge in [-0.25, -0.2) is 0 Å². The number of amides is 1. The number of aliphatic hydroxyl groups is 1. The molecule has 2 N–H and O–H groups in total. The standard InChI is InChI=1S/C23H27ClN2O5/c1-16-3-5-18(24)20(9-16)29-14-23(28)7-2-8-26(13-23)12-22(27)25-11-17-4-6-19-21(10-17)31-15-30-19/h3-6,9-10,28H,2,7-8,11-15H2,1H3,(H,25,27)/t23-/m0/s1. The summed E-state index contributed by atoms with van der Waals surface area (Å²) in [6.07, 6.45) is 1.41. The highest BCUT2D eigenvalue weighted by Gasteiger charge is 2.35. The molecule has 1 saturated heterocycles. The molecule has 4 rings (SSSR count). The molecular formula is C23H27ClN2O5. The van der Waals surface area contributed by atoms with Gasteiger partial charge in [-0.15, -0.1) is 0 Å². The van der Waals surface area contributed by atoms with E-state index in [1.807, 2.05) is 42.2 Å². The number of hydrogen-bond acceptors (Lipinski definition) is 6. The van der Waals surface area contributed by atoms with Gasteiger partial charge >= 0.3 is 0 Å². The Morgan fingerprint density at radius 3 is 2.97 bits per heavy atom. The Morgan fingerprint density at radius 1 is 1.26 bits per heavy atom. The predicted molar refractivity (Wildman–Crippen MR) is 117 cm³/mol. The van der Waals surface area contributed by atoms with Crippen molar-refractivity contribution in [2.24, 2.45) is 0 Å². The molecule has 0 unspecified atom stereocenters. The topological polar surface area (TPSA) is 80.3 Å². The van der Waals surface area contributed by atoms with Gasteiger partial charge in [-0.3, -0.25) is 9.69 Å². The van der Waals surface area contributed by atoms with Crippen LogP contribution in [0.25, 0.3) is 0 Å². The number of benzene rings is 2. The normalized spacial score (nSPS) is 20.5. The molecule has 1 atom stereocenters. The fraction of sp³-hybridized carbons (Fsp3) is 0.435. The SMILES string of the molecule is Cc1ccc(Cl)c(OC[C@]2(O)CCCN(CC(=O)NCc3ccc4c(c3)OCO4)C2)c1. The molecule has 8 heteroatoms. The molecule has 1 fully saturated rings. The van der Waals surface area contributed by atoms with E-state index in [9.17, 15) is 9.90 Å². The molecule has 0 aromatic heterocycles. The minimum atomic E-state index is -1.02. The highest BCUT2D eigenvalue weighted by Crippen LogP contribution is 2.32. The van der Waals surface area contributed by atoms with E-state index in [0.717, 1.165) is 29.8 Å². The van der Waals surface area contributed by atoms with Gasteiger partial charge in [-0.1, -0.05) is 23.7 Å². The summed E-state index contributed by atoms with van der Waals surface area (Å²) < 4.78 is 16.5. The zero-order valence-corrected chi connectivity index (χ0v) is 18.3. The summed E-state index contributed by atoms with van der Waals surface area (Å²) in [5.41, 5.74) is 0.954. The molecule has 0 radical (unpaired) electrons. The number of nitrogens with zero attached hydrogens (tertiary/aromatic N) is 1. The first kappa shape index (κ1) is 21.7. The number of likely N-dealkylation sites (tertiary alicyclic amines) is 1. The number of hydrogen-bond donors (Lipinski definition) is 2. The van der Waals surface area contributed by atoms with Crippen molar-refractivity contribution in [3.05, 3.63) is 52.5 Å². The molecule has 2 aromatic carbocycles. The maximum absolute atomic E-state index is 12.5. The number of rotatable bonds is 7. The average molecular weight is 447 g/mol.